The standard InChI is InChI=1S/C27H26N2O4/c1-4-17-27(26(32)33-6-3)22-21(23(28(27)18-5-2)19-13-9-7-10-14-19)24(30)29(25(22)31)20-15-11-8-12-16-20/h2,4,7-16,21-23H,1,6,17-18H2,3H3/t21?,22?,23?,27-/m1/s1. The summed E-state index contributed by atoms with van der Waals surface area (Å²) in [5.74, 6) is -0.457. The number of imide groups is 1. The van der Waals surface area contributed by atoms with Crippen LogP contribution in [-0.4, -0.2) is 41.4 Å². The molecule has 2 aromatic carbocycles. The summed E-state index contributed by atoms with van der Waals surface area (Å²) in [5, 5.41) is 0. The molecule has 2 fully saturated rings. The van der Waals surface area contributed by atoms with Crippen molar-refractivity contribution in [2.24, 2.45) is 11.8 Å². The summed E-state index contributed by atoms with van der Waals surface area (Å²) < 4.78 is 5.50. The summed E-state index contributed by atoms with van der Waals surface area (Å²) >= 11 is 0. The van der Waals surface area contributed by atoms with E-state index < -0.39 is 35.3 Å². The van der Waals surface area contributed by atoms with Gasteiger partial charge in [0.05, 0.1) is 30.7 Å². The van der Waals surface area contributed by atoms with E-state index >= 15 is 0 Å². The van der Waals surface area contributed by atoms with Crippen LogP contribution in [0.4, 0.5) is 5.69 Å². The molecule has 3 unspecified atom stereocenters. The van der Waals surface area contributed by atoms with Crippen LogP contribution in [0.5, 0.6) is 0 Å². The third-order valence-electron chi connectivity index (χ3n) is 6.56. The van der Waals surface area contributed by atoms with Crippen LogP contribution < -0.4 is 4.90 Å². The zero-order valence-electron chi connectivity index (χ0n) is 18.5. The lowest BCUT2D eigenvalue weighted by molar-refractivity contribution is -0.161. The van der Waals surface area contributed by atoms with Gasteiger partial charge in [0.15, 0.2) is 0 Å². The van der Waals surface area contributed by atoms with Crippen molar-refractivity contribution >= 4 is 23.5 Å². The van der Waals surface area contributed by atoms with Crippen molar-refractivity contribution < 1.29 is 19.1 Å². The number of hydrogen-bond acceptors (Lipinski definition) is 5. The zero-order valence-corrected chi connectivity index (χ0v) is 18.5. The van der Waals surface area contributed by atoms with Crippen LogP contribution in [0.1, 0.15) is 24.9 Å². The topological polar surface area (TPSA) is 66.9 Å². The van der Waals surface area contributed by atoms with Gasteiger partial charge in [-0.1, -0.05) is 60.5 Å². The highest BCUT2D eigenvalue weighted by Gasteiger charge is 2.72. The fourth-order valence-electron chi connectivity index (χ4n) is 5.39. The molecule has 0 saturated carbocycles. The molecule has 2 aliphatic rings. The first-order valence-corrected chi connectivity index (χ1v) is 11.0. The van der Waals surface area contributed by atoms with Crippen molar-refractivity contribution in [3.8, 4) is 12.3 Å². The van der Waals surface area contributed by atoms with Crippen LogP contribution in [-0.2, 0) is 19.1 Å². The number of carbonyl (C=O) groups excluding carboxylic acids is 3. The Hall–Kier alpha value is -3.69. The van der Waals surface area contributed by atoms with E-state index in [-0.39, 0.29) is 25.5 Å². The number of anilines is 1. The van der Waals surface area contributed by atoms with Crippen molar-refractivity contribution in [3.63, 3.8) is 0 Å². The van der Waals surface area contributed by atoms with E-state index in [1.165, 1.54) is 4.90 Å². The molecule has 168 valence electrons. The molecule has 0 bridgehead atoms. The van der Waals surface area contributed by atoms with Gasteiger partial charge < -0.3 is 4.74 Å². The van der Waals surface area contributed by atoms with Gasteiger partial charge in [-0.3, -0.25) is 19.3 Å². The molecule has 4 atom stereocenters. The number of benzene rings is 2. The summed E-state index contributed by atoms with van der Waals surface area (Å²) in [5.41, 5.74) is -0.145. The van der Waals surface area contributed by atoms with Gasteiger partial charge in [-0.2, -0.15) is 0 Å². The van der Waals surface area contributed by atoms with E-state index in [0.717, 1.165) is 5.56 Å². The number of rotatable bonds is 7. The molecule has 2 heterocycles. The number of carbonyl (C=O) groups is 3. The zero-order chi connectivity index (χ0) is 23.6. The second-order valence-corrected chi connectivity index (χ2v) is 8.18. The van der Waals surface area contributed by atoms with Crippen LogP contribution >= 0.6 is 0 Å². The molecule has 2 amide bonds. The number of nitrogens with zero attached hydrogens (tertiary/aromatic N) is 2. The van der Waals surface area contributed by atoms with Crippen molar-refractivity contribution in [1.29, 1.82) is 0 Å². The molecular formula is C27H26N2O4. The summed E-state index contributed by atoms with van der Waals surface area (Å²) in [6.07, 6.45) is 7.44. The Balaban J connectivity index is 1.97. The van der Waals surface area contributed by atoms with Gasteiger partial charge in [-0.05, 0) is 31.0 Å². The monoisotopic (exact) mass is 442 g/mol. The van der Waals surface area contributed by atoms with Crippen LogP contribution in [0.2, 0.25) is 0 Å². The molecule has 4 rings (SSSR count). The first-order chi connectivity index (χ1) is 16.0. The minimum absolute atomic E-state index is 0.0745. The molecule has 2 aromatic rings. The smallest absolute Gasteiger partial charge is 0.327 e. The molecule has 33 heavy (non-hydrogen) atoms. The van der Waals surface area contributed by atoms with Gasteiger partial charge in [0.1, 0.15) is 5.54 Å². The minimum atomic E-state index is -1.44. The molecule has 0 N–H and O–H groups in total. The first-order valence-electron chi connectivity index (χ1n) is 11.0. The van der Waals surface area contributed by atoms with Crippen molar-refractivity contribution in [2.45, 2.75) is 24.9 Å². The number of terminal acetylenes is 1. The van der Waals surface area contributed by atoms with Gasteiger partial charge >= 0.3 is 5.97 Å². The highest BCUT2D eigenvalue weighted by atomic mass is 16.5. The number of likely N-dealkylation sites (tertiary alicyclic amines) is 1. The predicted octanol–water partition coefficient (Wildman–Crippen LogP) is 3.36. The molecular weight excluding hydrogens is 416 g/mol. The summed E-state index contributed by atoms with van der Waals surface area (Å²) in [6, 6.07) is 17.6. The van der Waals surface area contributed by atoms with E-state index in [1.54, 1.807) is 42.2 Å². The van der Waals surface area contributed by atoms with Gasteiger partial charge in [-0.15, -0.1) is 13.0 Å². The van der Waals surface area contributed by atoms with Gasteiger partial charge in [0.25, 0.3) is 0 Å². The van der Waals surface area contributed by atoms with Crippen LogP contribution in [0.25, 0.3) is 0 Å². The number of para-hydroxylation sites is 1. The third-order valence-corrected chi connectivity index (χ3v) is 6.56. The third kappa shape index (κ3) is 3.37. The van der Waals surface area contributed by atoms with Crippen molar-refractivity contribution in [3.05, 3.63) is 78.9 Å². The Morgan fingerprint density at radius 2 is 1.76 bits per heavy atom. The molecule has 0 spiro atoms. The van der Waals surface area contributed by atoms with Gasteiger partial charge in [-0.25, -0.2) is 4.90 Å². The maximum atomic E-state index is 13.9. The lowest BCUT2D eigenvalue weighted by Gasteiger charge is -2.40. The largest absolute Gasteiger partial charge is 0.465 e. The quantitative estimate of drug-likeness (QED) is 0.285. The molecule has 0 aromatic heterocycles. The summed E-state index contributed by atoms with van der Waals surface area (Å²) in [7, 11) is 0. The Bertz CT molecular complexity index is 1110. The van der Waals surface area contributed by atoms with Crippen molar-refractivity contribution in [2.75, 3.05) is 18.1 Å². The van der Waals surface area contributed by atoms with E-state index in [1.807, 2.05) is 36.4 Å². The molecule has 6 heteroatoms. The summed E-state index contributed by atoms with van der Waals surface area (Å²) in [4.78, 5) is 44.4. The second-order valence-electron chi connectivity index (χ2n) is 8.18. The first kappa shape index (κ1) is 22.5. The molecule has 2 aliphatic heterocycles. The molecule has 0 aliphatic carbocycles. The Morgan fingerprint density at radius 3 is 2.33 bits per heavy atom. The number of amides is 2. The molecule has 0 radical (unpaired) electrons. The maximum absolute atomic E-state index is 13.9. The van der Waals surface area contributed by atoms with Crippen molar-refractivity contribution in [1.82, 2.24) is 4.90 Å². The lowest BCUT2D eigenvalue weighted by Crippen LogP contribution is -2.58. The Labute approximate surface area is 193 Å². The highest BCUT2D eigenvalue weighted by molar-refractivity contribution is 6.24. The average molecular weight is 443 g/mol. The van der Waals surface area contributed by atoms with E-state index in [0.29, 0.717) is 5.69 Å². The lowest BCUT2D eigenvalue weighted by atomic mass is 9.77. The normalized spacial score (nSPS) is 26.7. The van der Waals surface area contributed by atoms with Gasteiger partial charge in [0.2, 0.25) is 11.8 Å². The predicted molar refractivity (Wildman–Crippen MR) is 125 cm³/mol. The van der Waals surface area contributed by atoms with Crippen LogP contribution in [0, 0.1) is 24.2 Å². The number of hydrogen-bond donors (Lipinski definition) is 0. The van der Waals surface area contributed by atoms with Crippen LogP contribution in [0.3, 0.4) is 0 Å². The van der Waals surface area contributed by atoms with E-state index in [2.05, 4.69) is 12.5 Å². The van der Waals surface area contributed by atoms with Crippen LogP contribution in [0.15, 0.2) is 73.3 Å². The second kappa shape index (κ2) is 9.05. The highest BCUT2D eigenvalue weighted by Crippen LogP contribution is 2.57. The number of esters is 1. The Kier molecular flexibility index (Phi) is 6.17. The SMILES string of the molecule is C#CCN1C(c2ccccc2)C2C(=O)N(c3ccccc3)C(=O)C2[C@]1(CC=C)C(=O)OCC. The minimum Gasteiger partial charge on any atom is -0.465 e. The number of ether oxygens (including phenoxy) is 1. The number of fused-ring (bicyclic) bond motifs is 1. The Morgan fingerprint density at radius 1 is 1.12 bits per heavy atom. The average Bonchev–Trinajstić information content (AvgIpc) is 3.26. The van der Waals surface area contributed by atoms with Gasteiger partial charge in [0, 0.05) is 6.04 Å². The fraction of sp³-hybridized carbons (Fsp3) is 0.296. The van der Waals surface area contributed by atoms with E-state index in [9.17, 15) is 14.4 Å². The maximum Gasteiger partial charge on any atom is 0.327 e. The molecule has 6 nitrogen and oxygen atoms in total. The molecule has 2 saturated heterocycles. The fourth-order valence-corrected chi connectivity index (χ4v) is 5.39. The summed E-state index contributed by atoms with van der Waals surface area (Å²) in [6.45, 7) is 5.77. The van der Waals surface area contributed by atoms with E-state index in [4.69, 9.17) is 11.2 Å².